The van der Waals surface area contributed by atoms with Gasteiger partial charge in [0.05, 0.1) is 6.04 Å². The fourth-order valence-electron chi connectivity index (χ4n) is 2.33. The summed E-state index contributed by atoms with van der Waals surface area (Å²) in [5, 5.41) is 9.07. The van der Waals surface area contributed by atoms with Crippen LogP contribution < -0.4 is 5.43 Å². The lowest BCUT2D eigenvalue weighted by molar-refractivity contribution is 0.371. The Morgan fingerprint density at radius 3 is 2.55 bits per heavy atom. The van der Waals surface area contributed by atoms with Crippen molar-refractivity contribution >= 4 is 0 Å². The fraction of sp³-hybridized carbons (Fsp3) is 0.533. The largest absolute Gasteiger partial charge is 0.333 e. The average molecular weight is 301 g/mol. The van der Waals surface area contributed by atoms with Gasteiger partial charge >= 0.3 is 0 Å². The van der Waals surface area contributed by atoms with E-state index in [4.69, 9.17) is 5.26 Å². The fourth-order valence-corrected chi connectivity index (χ4v) is 2.33. The molecule has 2 rings (SSSR count). The minimum absolute atomic E-state index is 0.184. The molecule has 0 spiro atoms. The number of nitrogens with zero attached hydrogens (tertiary/aromatic N) is 6. The van der Waals surface area contributed by atoms with Crippen LogP contribution in [0.4, 0.5) is 0 Å². The van der Waals surface area contributed by atoms with Gasteiger partial charge in [-0.1, -0.05) is 0 Å². The van der Waals surface area contributed by atoms with Crippen molar-refractivity contribution in [3.63, 3.8) is 0 Å². The van der Waals surface area contributed by atoms with Gasteiger partial charge in [0.25, 0.3) is 0 Å². The third-order valence-electron chi connectivity index (χ3n) is 3.76. The smallest absolute Gasteiger partial charge is 0.179 e. The highest BCUT2D eigenvalue weighted by molar-refractivity contribution is 4.97. The van der Waals surface area contributed by atoms with Crippen LogP contribution in [-0.2, 0) is 6.54 Å². The third kappa shape index (κ3) is 4.01. The maximum Gasteiger partial charge on any atom is 0.179 e. The molecular weight excluding hydrogens is 278 g/mol. The maximum absolute atomic E-state index is 9.07. The highest BCUT2D eigenvalue weighted by Crippen LogP contribution is 2.05. The van der Waals surface area contributed by atoms with Crippen molar-refractivity contribution in [2.45, 2.75) is 39.8 Å². The topological polar surface area (TPSA) is 74.7 Å². The quantitative estimate of drug-likeness (QED) is 0.591. The third-order valence-corrected chi connectivity index (χ3v) is 3.76. The molecule has 7 nitrogen and oxygen atoms in total. The number of hydrogen-bond acceptors (Lipinski definition) is 5. The van der Waals surface area contributed by atoms with Gasteiger partial charge in [-0.3, -0.25) is 4.68 Å². The van der Waals surface area contributed by atoms with Crippen molar-refractivity contribution in [3.8, 4) is 6.19 Å². The van der Waals surface area contributed by atoms with Crippen LogP contribution in [0.25, 0.3) is 0 Å². The van der Waals surface area contributed by atoms with Crippen molar-refractivity contribution in [3.05, 3.63) is 36.4 Å². The SMILES string of the molecule is CCN(C#N)CCC(Cn1ccnc1C)Nn1ccnc1C. The van der Waals surface area contributed by atoms with E-state index in [0.29, 0.717) is 0 Å². The van der Waals surface area contributed by atoms with E-state index >= 15 is 0 Å². The van der Waals surface area contributed by atoms with E-state index in [1.54, 1.807) is 11.1 Å². The van der Waals surface area contributed by atoms with Crippen LogP contribution in [-0.4, -0.2) is 43.2 Å². The second-order valence-electron chi connectivity index (χ2n) is 5.27. The Labute approximate surface area is 131 Å². The van der Waals surface area contributed by atoms with Gasteiger partial charge in [-0.05, 0) is 27.2 Å². The van der Waals surface area contributed by atoms with Crippen LogP contribution in [0, 0.1) is 25.3 Å². The first-order valence-electron chi connectivity index (χ1n) is 7.53. The second kappa shape index (κ2) is 7.50. The second-order valence-corrected chi connectivity index (χ2v) is 5.27. The molecule has 0 saturated carbocycles. The first-order chi connectivity index (χ1) is 10.6. The molecule has 0 aliphatic heterocycles. The molecule has 0 aromatic carbocycles. The Morgan fingerprint density at radius 2 is 2.00 bits per heavy atom. The highest BCUT2D eigenvalue weighted by atomic mass is 15.4. The molecule has 118 valence electrons. The number of rotatable bonds is 8. The first kappa shape index (κ1) is 15.9. The minimum atomic E-state index is 0.184. The van der Waals surface area contributed by atoms with Crippen molar-refractivity contribution in [1.29, 1.82) is 5.26 Å². The summed E-state index contributed by atoms with van der Waals surface area (Å²) in [7, 11) is 0. The van der Waals surface area contributed by atoms with Gasteiger partial charge in [-0.15, -0.1) is 0 Å². The molecule has 2 aromatic rings. The van der Waals surface area contributed by atoms with Gasteiger partial charge in [0.15, 0.2) is 6.19 Å². The summed E-state index contributed by atoms with van der Waals surface area (Å²) in [5.41, 5.74) is 3.47. The lowest BCUT2D eigenvalue weighted by Gasteiger charge is -2.24. The number of aryl methyl sites for hydroxylation is 2. The van der Waals surface area contributed by atoms with E-state index < -0.39 is 0 Å². The first-order valence-corrected chi connectivity index (χ1v) is 7.53. The number of hydrogen-bond donors (Lipinski definition) is 1. The normalized spacial score (nSPS) is 11.9. The van der Waals surface area contributed by atoms with Gasteiger partial charge in [-0.2, -0.15) is 5.26 Å². The molecule has 0 fully saturated rings. The number of aromatic nitrogens is 4. The van der Waals surface area contributed by atoms with Crippen molar-refractivity contribution in [2.75, 3.05) is 18.5 Å². The molecule has 7 heteroatoms. The van der Waals surface area contributed by atoms with Gasteiger partial charge in [0, 0.05) is 44.4 Å². The van der Waals surface area contributed by atoms with Gasteiger partial charge in [0.2, 0.25) is 0 Å². The molecule has 1 N–H and O–H groups in total. The predicted molar refractivity (Wildman–Crippen MR) is 84.6 cm³/mol. The summed E-state index contributed by atoms with van der Waals surface area (Å²) < 4.78 is 4.05. The number of imidazole rings is 2. The van der Waals surface area contributed by atoms with Crippen molar-refractivity contribution in [1.82, 2.24) is 24.1 Å². The maximum atomic E-state index is 9.07. The van der Waals surface area contributed by atoms with Crippen molar-refractivity contribution in [2.24, 2.45) is 0 Å². The lowest BCUT2D eigenvalue weighted by Crippen LogP contribution is -2.35. The average Bonchev–Trinajstić information content (AvgIpc) is 3.09. The zero-order valence-corrected chi connectivity index (χ0v) is 13.4. The molecule has 0 saturated heterocycles. The Balaban J connectivity index is 2.05. The van der Waals surface area contributed by atoms with Crippen LogP contribution in [0.1, 0.15) is 25.0 Å². The zero-order chi connectivity index (χ0) is 15.9. The van der Waals surface area contributed by atoms with E-state index in [1.165, 1.54) is 0 Å². The van der Waals surface area contributed by atoms with Crippen molar-refractivity contribution < 1.29 is 0 Å². The summed E-state index contributed by atoms with van der Waals surface area (Å²) in [6, 6.07) is 0.184. The van der Waals surface area contributed by atoms with E-state index in [2.05, 4.69) is 26.2 Å². The van der Waals surface area contributed by atoms with Crippen LogP contribution >= 0.6 is 0 Å². The monoisotopic (exact) mass is 301 g/mol. The van der Waals surface area contributed by atoms with E-state index in [9.17, 15) is 0 Å². The number of nitrogens with one attached hydrogen (secondary N) is 1. The molecule has 22 heavy (non-hydrogen) atoms. The molecule has 0 amide bonds. The lowest BCUT2D eigenvalue weighted by atomic mass is 10.2. The molecule has 2 heterocycles. The Kier molecular flexibility index (Phi) is 5.42. The highest BCUT2D eigenvalue weighted by Gasteiger charge is 2.13. The minimum Gasteiger partial charge on any atom is -0.333 e. The molecular formula is C15H23N7. The Morgan fingerprint density at radius 1 is 1.27 bits per heavy atom. The molecule has 1 unspecified atom stereocenters. The van der Waals surface area contributed by atoms with E-state index in [-0.39, 0.29) is 6.04 Å². The van der Waals surface area contributed by atoms with Crippen LogP contribution in [0.5, 0.6) is 0 Å². The zero-order valence-electron chi connectivity index (χ0n) is 13.4. The van der Waals surface area contributed by atoms with Gasteiger partial charge < -0.3 is 14.9 Å². The van der Waals surface area contributed by atoms with Gasteiger partial charge in [-0.25, -0.2) is 9.97 Å². The summed E-state index contributed by atoms with van der Waals surface area (Å²) in [6.45, 7) is 8.20. The van der Waals surface area contributed by atoms with Crippen LogP contribution in [0.3, 0.4) is 0 Å². The van der Waals surface area contributed by atoms with Gasteiger partial charge in [0.1, 0.15) is 11.6 Å². The summed E-state index contributed by atoms with van der Waals surface area (Å²) in [4.78, 5) is 10.3. The van der Waals surface area contributed by atoms with Crippen LogP contribution in [0.2, 0.25) is 0 Å². The molecule has 2 aromatic heterocycles. The summed E-state index contributed by atoms with van der Waals surface area (Å²) >= 11 is 0. The molecule has 0 radical (unpaired) electrons. The summed E-state index contributed by atoms with van der Waals surface area (Å²) in [6.07, 6.45) is 10.5. The predicted octanol–water partition coefficient (Wildman–Crippen LogP) is 1.50. The molecule has 0 bridgehead atoms. The molecule has 0 aliphatic carbocycles. The molecule has 1 atom stereocenters. The number of nitriles is 1. The standard InChI is InChI=1S/C15H23N7/c1-4-20(12-16)8-5-15(11-21-9-6-17-13(21)2)19-22-10-7-18-14(22)3/h6-7,9-10,15,19H,4-5,8,11H2,1-3H3. The van der Waals surface area contributed by atoms with Crippen LogP contribution in [0.15, 0.2) is 24.8 Å². The summed E-state index contributed by atoms with van der Waals surface area (Å²) in [5.74, 6) is 1.90. The Hall–Kier alpha value is -2.49. The molecule has 0 aliphatic rings. The van der Waals surface area contributed by atoms with E-state index in [1.807, 2.05) is 44.0 Å². The Bertz CT molecular complexity index is 580. The van der Waals surface area contributed by atoms with E-state index in [0.717, 1.165) is 37.7 Å².